The van der Waals surface area contributed by atoms with Crippen molar-refractivity contribution in [2.45, 2.75) is 44.2 Å². The molecule has 1 aliphatic carbocycles. The molecule has 0 saturated heterocycles. The summed E-state index contributed by atoms with van der Waals surface area (Å²) in [6.07, 6.45) is -2.14. The maximum absolute atomic E-state index is 13.1. The van der Waals surface area contributed by atoms with E-state index in [0.29, 0.717) is 23.2 Å². The van der Waals surface area contributed by atoms with Gasteiger partial charge in [0.2, 0.25) is 0 Å². The first-order chi connectivity index (χ1) is 9.32. The summed E-state index contributed by atoms with van der Waals surface area (Å²) in [6, 6.07) is 5.11. The molecule has 0 radical (unpaired) electrons. The Hall–Kier alpha value is -0.710. The summed E-state index contributed by atoms with van der Waals surface area (Å²) in [6.45, 7) is 4.98. The second-order valence-corrected chi connectivity index (χ2v) is 6.31. The zero-order chi connectivity index (χ0) is 14.9. The van der Waals surface area contributed by atoms with Crippen LogP contribution in [0.4, 0.5) is 18.9 Å². The molecule has 0 N–H and O–H groups in total. The average molecular weight is 350 g/mol. The Labute approximate surface area is 126 Å². The van der Waals surface area contributed by atoms with Gasteiger partial charge in [-0.2, -0.15) is 13.2 Å². The summed E-state index contributed by atoms with van der Waals surface area (Å²) >= 11 is 3.13. The zero-order valence-corrected chi connectivity index (χ0v) is 13.3. The van der Waals surface area contributed by atoms with Gasteiger partial charge < -0.3 is 4.90 Å². The lowest BCUT2D eigenvalue weighted by molar-refractivity contribution is -0.138. The van der Waals surface area contributed by atoms with Crippen molar-refractivity contribution in [2.24, 2.45) is 5.92 Å². The molecule has 20 heavy (non-hydrogen) atoms. The van der Waals surface area contributed by atoms with Gasteiger partial charge in [-0.05, 0) is 36.5 Å². The minimum absolute atomic E-state index is 0.218. The van der Waals surface area contributed by atoms with E-state index in [1.165, 1.54) is 6.07 Å². The minimum atomic E-state index is -4.30. The maximum atomic E-state index is 13.1. The van der Waals surface area contributed by atoms with E-state index in [-0.39, 0.29) is 5.33 Å². The fourth-order valence-electron chi connectivity index (χ4n) is 2.37. The average Bonchev–Trinajstić information content (AvgIpc) is 3.18. The SMILES string of the molecule is CC(C)CN(c1ccc(CBr)c(C(F)(F)F)c1)C1CC1. The second-order valence-electron chi connectivity index (χ2n) is 5.75. The predicted molar refractivity (Wildman–Crippen MR) is 79.3 cm³/mol. The highest BCUT2D eigenvalue weighted by atomic mass is 79.9. The third-order valence-electron chi connectivity index (χ3n) is 3.42. The Morgan fingerprint density at radius 2 is 1.95 bits per heavy atom. The molecule has 0 bridgehead atoms. The van der Waals surface area contributed by atoms with Crippen LogP contribution in [0.2, 0.25) is 0 Å². The number of hydrogen-bond donors (Lipinski definition) is 0. The van der Waals surface area contributed by atoms with Crippen molar-refractivity contribution in [2.75, 3.05) is 11.4 Å². The molecule has 0 spiro atoms. The van der Waals surface area contributed by atoms with E-state index in [0.717, 1.165) is 19.4 Å². The van der Waals surface area contributed by atoms with Crippen molar-refractivity contribution >= 4 is 21.6 Å². The number of alkyl halides is 4. The quantitative estimate of drug-likeness (QED) is 0.658. The number of nitrogens with zero attached hydrogens (tertiary/aromatic N) is 1. The third kappa shape index (κ3) is 3.68. The Bertz CT molecular complexity index is 467. The molecule has 5 heteroatoms. The molecule has 0 atom stereocenters. The summed E-state index contributed by atoms with van der Waals surface area (Å²) in [5.74, 6) is 0.431. The van der Waals surface area contributed by atoms with Gasteiger partial charge in [-0.3, -0.25) is 0 Å². The van der Waals surface area contributed by atoms with Crippen molar-refractivity contribution in [1.29, 1.82) is 0 Å². The fraction of sp³-hybridized carbons (Fsp3) is 0.600. The highest BCUT2D eigenvalue weighted by molar-refractivity contribution is 9.08. The van der Waals surface area contributed by atoms with Gasteiger partial charge in [-0.25, -0.2) is 0 Å². The molecule has 1 aliphatic rings. The Kier molecular flexibility index (Phi) is 4.67. The molecule has 0 aliphatic heterocycles. The van der Waals surface area contributed by atoms with E-state index >= 15 is 0 Å². The molecule has 0 aromatic heterocycles. The highest BCUT2D eigenvalue weighted by Gasteiger charge is 2.35. The van der Waals surface area contributed by atoms with Crippen LogP contribution in [0, 0.1) is 5.92 Å². The van der Waals surface area contributed by atoms with Crippen LogP contribution in [0.15, 0.2) is 18.2 Å². The van der Waals surface area contributed by atoms with Gasteiger partial charge >= 0.3 is 6.18 Å². The normalized spacial score (nSPS) is 15.8. The number of halogens is 4. The van der Waals surface area contributed by atoms with Crippen molar-refractivity contribution < 1.29 is 13.2 Å². The first-order valence-electron chi connectivity index (χ1n) is 6.85. The predicted octanol–water partition coefficient (Wildman–Crippen LogP) is 5.23. The topological polar surface area (TPSA) is 3.24 Å². The van der Waals surface area contributed by atoms with Gasteiger partial charge in [0.25, 0.3) is 0 Å². The molecule has 1 aromatic rings. The van der Waals surface area contributed by atoms with Gasteiger partial charge in [-0.15, -0.1) is 0 Å². The molecule has 0 unspecified atom stereocenters. The lowest BCUT2D eigenvalue weighted by atomic mass is 10.1. The van der Waals surface area contributed by atoms with Crippen LogP contribution in [-0.2, 0) is 11.5 Å². The lowest BCUT2D eigenvalue weighted by Gasteiger charge is -2.28. The van der Waals surface area contributed by atoms with Crippen molar-refractivity contribution in [3.8, 4) is 0 Å². The first kappa shape index (κ1) is 15.7. The molecule has 1 fully saturated rings. The summed E-state index contributed by atoms with van der Waals surface area (Å²) < 4.78 is 39.4. The standard InChI is InChI=1S/C15H19BrF3N/c1-10(2)9-20(12-5-6-12)13-4-3-11(8-16)14(7-13)15(17,18)19/h3-4,7,10,12H,5-6,8-9H2,1-2H3. The first-order valence-corrected chi connectivity index (χ1v) is 7.97. The van der Waals surface area contributed by atoms with Gasteiger partial charge in [0, 0.05) is 23.6 Å². The summed E-state index contributed by atoms with van der Waals surface area (Å²) in [5, 5.41) is 0.218. The van der Waals surface area contributed by atoms with Crippen molar-refractivity contribution in [3.05, 3.63) is 29.3 Å². The number of hydrogen-bond acceptors (Lipinski definition) is 1. The van der Waals surface area contributed by atoms with Gasteiger partial charge in [0.1, 0.15) is 0 Å². The summed E-state index contributed by atoms with van der Waals surface area (Å²) in [4.78, 5) is 2.12. The molecular formula is C15H19BrF3N. The largest absolute Gasteiger partial charge is 0.416 e. The fourth-order valence-corrected chi connectivity index (χ4v) is 2.86. The van der Waals surface area contributed by atoms with E-state index in [1.807, 2.05) is 6.07 Å². The minimum Gasteiger partial charge on any atom is -0.368 e. The van der Waals surface area contributed by atoms with E-state index in [1.54, 1.807) is 6.07 Å². The van der Waals surface area contributed by atoms with Crippen molar-refractivity contribution in [3.63, 3.8) is 0 Å². The Morgan fingerprint density at radius 1 is 1.30 bits per heavy atom. The molecule has 1 nitrogen and oxygen atoms in total. The maximum Gasteiger partial charge on any atom is 0.416 e. The molecule has 112 valence electrons. The molecule has 2 rings (SSSR count). The summed E-state index contributed by atoms with van der Waals surface area (Å²) in [5.41, 5.74) is 0.459. The van der Waals surface area contributed by atoms with Gasteiger partial charge in [-0.1, -0.05) is 35.8 Å². The number of benzene rings is 1. The number of anilines is 1. The van der Waals surface area contributed by atoms with Gasteiger partial charge in [0.05, 0.1) is 5.56 Å². The monoisotopic (exact) mass is 349 g/mol. The molecule has 1 saturated carbocycles. The van der Waals surface area contributed by atoms with E-state index in [2.05, 4.69) is 34.7 Å². The highest BCUT2D eigenvalue weighted by Crippen LogP contribution is 2.38. The third-order valence-corrected chi connectivity index (χ3v) is 4.03. The van der Waals surface area contributed by atoms with Crippen LogP contribution in [0.25, 0.3) is 0 Å². The van der Waals surface area contributed by atoms with Crippen LogP contribution < -0.4 is 4.90 Å². The van der Waals surface area contributed by atoms with Crippen LogP contribution in [0.5, 0.6) is 0 Å². The van der Waals surface area contributed by atoms with E-state index in [9.17, 15) is 13.2 Å². The molecule has 0 heterocycles. The molecule has 0 amide bonds. The van der Waals surface area contributed by atoms with Crippen LogP contribution >= 0.6 is 15.9 Å². The second kappa shape index (κ2) is 5.96. The van der Waals surface area contributed by atoms with E-state index < -0.39 is 11.7 Å². The number of rotatable bonds is 5. The van der Waals surface area contributed by atoms with Crippen LogP contribution in [0.3, 0.4) is 0 Å². The van der Waals surface area contributed by atoms with Crippen LogP contribution in [0.1, 0.15) is 37.8 Å². The molecule has 1 aromatic carbocycles. The lowest BCUT2D eigenvalue weighted by Crippen LogP contribution is -2.30. The van der Waals surface area contributed by atoms with E-state index in [4.69, 9.17) is 0 Å². The smallest absolute Gasteiger partial charge is 0.368 e. The van der Waals surface area contributed by atoms with Gasteiger partial charge in [0.15, 0.2) is 0 Å². The van der Waals surface area contributed by atoms with Crippen LogP contribution in [-0.4, -0.2) is 12.6 Å². The Balaban J connectivity index is 2.35. The zero-order valence-electron chi connectivity index (χ0n) is 11.7. The summed E-state index contributed by atoms with van der Waals surface area (Å²) in [7, 11) is 0. The molecular weight excluding hydrogens is 331 g/mol. The van der Waals surface area contributed by atoms with Crippen molar-refractivity contribution in [1.82, 2.24) is 0 Å². The Morgan fingerprint density at radius 3 is 2.40 bits per heavy atom.